The van der Waals surface area contributed by atoms with E-state index in [1.807, 2.05) is 12.1 Å². The number of primary amides is 1. The molecule has 0 radical (unpaired) electrons. The van der Waals surface area contributed by atoms with E-state index in [2.05, 4.69) is 44.9 Å². The Bertz CT molecular complexity index is 876. The summed E-state index contributed by atoms with van der Waals surface area (Å²) in [5.74, 6) is 1.35. The van der Waals surface area contributed by atoms with Crippen LogP contribution < -0.4 is 16.4 Å². The fraction of sp³-hybridized carbons (Fsp3) is 0.350. The molecule has 1 aliphatic carbocycles. The van der Waals surface area contributed by atoms with E-state index in [4.69, 9.17) is 5.73 Å². The van der Waals surface area contributed by atoms with Crippen molar-refractivity contribution in [3.05, 3.63) is 54.4 Å². The maximum atomic E-state index is 11.7. The maximum Gasteiger partial charge on any atom is 0.250 e. The second-order valence-corrected chi connectivity index (χ2v) is 6.91. The summed E-state index contributed by atoms with van der Waals surface area (Å²) >= 11 is 0. The van der Waals surface area contributed by atoms with Gasteiger partial charge in [-0.3, -0.25) is 4.79 Å². The number of fused-ring (bicyclic) bond motifs is 1. The number of carbonyl (C=O) groups is 1. The van der Waals surface area contributed by atoms with Gasteiger partial charge >= 0.3 is 0 Å². The Morgan fingerprint density at radius 2 is 2.19 bits per heavy atom. The third-order valence-electron chi connectivity index (χ3n) is 5.35. The zero-order chi connectivity index (χ0) is 17.9. The van der Waals surface area contributed by atoms with Crippen LogP contribution in [0.5, 0.6) is 0 Å². The summed E-state index contributed by atoms with van der Waals surface area (Å²) in [4.78, 5) is 20.4. The van der Waals surface area contributed by atoms with Gasteiger partial charge in [0, 0.05) is 18.0 Å². The van der Waals surface area contributed by atoms with Gasteiger partial charge < -0.3 is 16.4 Å². The van der Waals surface area contributed by atoms with Crippen molar-refractivity contribution in [3.63, 3.8) is 0 Å². The zero-order valence-electron chi connectivity index (χ0n) is 14.6. The second-order valence-electron chi connectivity index (χ2n) is 6.91. The molecule has 1 unspecified atom stereocenters. The Morgan fingerprint density at radius 3 is 3.00 bits per heavy atom. The van der Waals surface area contributed by atoms with E-state index in [1.165, 1.54) is 6.33 Å². The number of benzene rings is 1. The van der Waals surface area contributed by atoms with E-state index in [9.17, 15) is 4.79 Å². The number of piperidine rings is 1. The van der Waals surface area contributed by atoms with Crippen molar-refractivity contribution in [3.8, 4) is 0 Å². The largest absolute Gasteiger partial charge is 0.366 e. The summed E-state index contributed by atoms with van der Waals surface area (Å²) < 4.78 is 0. The summed E-state index contributed by atoms with van der Waals surface area (Å²) in [5, 5.41) is 7.92. The molecule has 0 saturated carbocycles. The molecule has 0 spiro atoms. The number of hydrogen-bond acceptors (Lipinski definition) is 5. The lowest BCUT2D eigenvalue weighted by Gasteiger charge is -2.37. The highest BCUT2D eigenvalue weighted by Crippen LogP contribution is 2.31. The van der Waals surface area contributed by atoms with Crippen LogP contribution in [0.15, 0.2) is 48.8 Å². The minimum absolute atomic E-state index is 0.264. The number of allylic oxidation sites excluding steroid dienone is 4. The molecule has 0 bridgehead atoms. The molecule has 2 heterocycles. The molecule has 1 saturated heterocycles. The summed E-state index contributed by atoms with van der Waals surface area (Å²) in [5.41, 5.74) is 6.51. The lowest BCUT2D eigenvalue weighted by molar-refractivity contribution is 0.100. The Kier molecular flexibility index (Phi) is 4.67. The van der Waals surface area contributed by atoms with Crippen LogP contribution in [0.1, 0.15) is 23.2 Å². The van der Waals surface area contributed by atoms with Crippen molar-refractivity contribution in [2.75, 3.05) is 18.4 Å². The topological polar surface area (TPSA) is 92.9 Å². The van der Waals surface area contributed by atoms with Gasteiger partial charge in [-0.2, -0.15) is 0 Å². The number of hydrogen-bond donors (Lipinski definition) is 3. The SMILES string of the molecule is NC(=O)c1cccc2c(N[C@@H]3CNCC[C@H]3C3C=CC=CC3)ncnc12. The molecule has 6 heteroatoms. The fourth-order valence-corrected chi connectivity index (χ4v) is 4.04. The fourth-order valence-electron chi connectivity index (χ4n) is 4.04. The first kappa shape index (κ1) is 16.7. The van der Waals surface area contributed by atoms with E-state index in [0.717, 1.165) is 37.1 Å². The van der Waals surface area contributed by atoms with Crippen LogP contribution in [0.2, 0.25) is 0 Å². The Balaban J connectivity index is 1.65. The highest BCUT2D eigenvalue weighted by molar-refractivity contribution is 6.06. The lowest BCUT2D eigenvalue weighted by atomic mass is 9.78. The summed E-state index contributed by atoms with van der Waals surface area (Å²) in [7, 11) is 0. The Morgan fingerprint density at radius 1 is 1.27 bits per heavy atom. The van der Waals surface area contributed by atoms with Gasteiger partial charge in [0.1, 0.15) is 12.1 Å². The normalized spacial score (nSPS) is 25.3. The highest BCUT2D eigenvalue weighted by atomic mass is 16.1. The van der Waals surface area contributed by atoms with Gasteiger partial charge in [0.2, 0.25) is 0 Å². The van der Waals surface area contributed by atoms with E-state index >= 15 is 0 Å². The Hall–Kier alpha value is -2.73. The van der Waals surface area contributed by atoms with E-state index in [1.54, 1.807) is 6.07 Å². The molecule has 1 aromatic carbocycles. The van der Waals surface area contributed by atoms with Gasteiger partial charge in [-0.1, -0.05) is 30.4 Å². The molecule has 1 fully saturated rings. The molecule has 26 heavy (non-hydrogen) atoms. The number of anilines is 1. The number of rotatable bonds is 4. The van der Waals surface area contributed by atoms with Crippen LogP contribution in [0, 0.1) is 11.8 Å². The van der Waals surface area contributed by atoms with Crippen LogP contribution >= 0.6 is 0 Å². The van der Waals surface area contributed by atoms with Crippen LogP contribution in [-0.4, -0.2) is 35.0 Å². The van der Waals surface area contributed by atoms with E-state index in [-0.39, 0.29) is 6.04 Å². The maximum absolute atomic E-state index is 11.7. The highest BCUT2D eigenvalue weighted by Gasteiger charge is 2.31. The molecule has 1 amide bonds. The van der Waals surface area contributed by atoms with Crippen LogP contribution in [-0.2, 0) is 0 Å². The summed E-state index contributed by atoms with van der Waals surface area (Å²) in [6.07, 6.45) is 12.5. The molecular weight excluding hydrogens is 326 g/mol. The van der Waals surface area contributed by atoms with Gasteiger partial charge in [-0.05, 0) is 43.4 Å². The first-order chi connectivity index (χ1) is 12.7. The van der Waals surface area contributed by atoms with Gasteiger partial charge in [0.05, 0.1) is 11.1 Å². The monoisotopic (exact) mass is 349 g/mol. The van der Waals surface area contributed by atoms with Crippen molar-refractivity contribution in [2.45, 2.75) is 18.9 Å². The Labute approximate surface area is 152 Å². The van der Waals surface area contributed by atoms with Crippen molar-refractivity contribution in [2.24, 2.45) is 17.6 Å². The minimum atomic E-state index is -0.475. The predicted molar refractivity (Wildman–Crippen MR) is 103 cm³/mol. The summed E-state index contributed by atoms with van der Waals surface area (Å²) in [6, 6.07) is 5.71. The number of para-hydroxylation sites is 1. The van der Waals surface area contributed by atoms with Gasteiger partial charge in [0.15, 0.2) is 0 Å². The smallest absolute Gasteiger partial charge is 0.250 e. The van der Waals surface area contributed by atoms with Crippen molar-refractivity contribution < 1.29 is 4.79 Å². The molecule has 6 nitrogen and oxygen atoms in total. The number of nitrogens with two attached hydrogens (primary N) is 1. The molecular formula is C20H23N5O. The lowest BCUT2D eigenvalue weighted by Crippen LogP contribution is -2.47. The van der Waals surface area contributed by atoms with Crippen LogP contribution in [0.4, 0.5) is 5.82 Å². The van der Waals surface area contributed by atoms with E-state index in [0.29, 0.717) is 22.9 Å². The predicted octanol–water partition coefficient (Wildman–Crippen LogP) is 2.25. The molecule has 3 atom stereocenters. The zero-order valence-corrected chi connectivity index (χ0v) is 14.6. The van der Waals surface area contributed by atoms with Crippen LogP contribution in [0.25, 0.3) is 10.9 Å². The van der Waals surface area contributed by atoms with E-state index < -0.39 is 5.91 Å². The molecule has 2 aromatic rings. The molecule has 134 valence electrons. The average molecular weight is 349 g/mol. The minimum Gasteiger partial charge on any atom is -0.366 e. The number of carbonyl (C=O) groups excluding carboxylic acids is 1. The van der Waals surface area contributed by atoms with Crippen LogP contribution in [0.3, 0.4) is 0 Å². The van der Waals surface area contributed by atoms with Crippen molar-refractivity contribution in [1.82, 2.24) is 15.3 Å². The van der Waals surface area contributed by atoms with Gasteiger partial charge in [0.25, 0.3) is 5.91 Å². The first-order valence-corrected chi connectivity index (χ1v) is 9.08. The molecule has 1 aliphatic heterocycles. The van der Waals surface area contributed by atoms with Crippen molar-refractivity contribution >= 4 is 22.6 Å². The number of aromatic nitrogens is 2. The molecule has 4 N–H and O–H groups in total. The third-order valence-corrected chi connectivity index (χ3v) is 5.35. The first-order valence-electron chi connectivity index (χ1n) is 9.08. The second kappa shape index (κ2) is 7.25. The third kappa shape index (κ3) is 3.20. The number of nitrogens with one attached hydrogen (secondary N) is 2. The van der Waals surface area contributed by atoms with Gasteiger partial charge in [-0.25, -0.2) is 9.97 Å². The number of nitrogens with zero attached hydrogens (tertiary/aromatic N) is 2. The number of amides is 1. The average Bonchev–Trinajstić information content (AvgIpc) is 2.69. The standard InChI is InChI=1S/C20H23N5O/c21-19(26)15-7-4-8-16-18(15)23-12-24-20(16)25-17-11-22-10-9-14(17)13-5-2-1-3-6-13/h1-5,7-8,12-14,17,22H,6,9-11H2,(H2,21,26)(H,23,24,25)/t13?,14-,17+/m0/s1. The molecule has 1 aromatic heterocycles. The molecule has 4 rings (SSSR count). The quantitative estimate of drug-likeness (QED) is 0.787. The van der Waals surface area contributed by atoms with Gasteiger partial charge in [-0.15, -0.1) is 0 Å². The summed E-state index contributed by atoms with van der Waals surface area (Å²) in [6.45, 7) is 1.92. The molecule has 2 aliphatic rings. The van der Waals surface area contributed by atoms with Crippen molar-refractivity contribution in [1.29, 1.82) is 0 Å².